The minimum atomic E-state index is 0.322. The van der Waals surface area contributed by atoms with Crippen LogP contribution in [0.5, 0.6) is 0 Å². The van der Waals surface area contributed by atoms with Crippen LogP contribution < -0.4 is 5.32 Å². The van der Waals surface area contributed by atoms with Crippen LogP contribution in [-0.2, 0) is 9.47 Å². The molecule has 0 aliphatic carbocycles. The Kier molecular flexibility index (Phi) is 4.83. The van der Waals surface area contributed by atoms with Gasteiger partial charge in [-0.1, -0.05) is 6.92 Å². The maximum atomic E-state index is 5.99. The van der Waals surface area contributed by atoms with Gasteiger partial charge in [-0.25, -0.2) is 0 Å². The summed E-state index contributed by atoms with van der Waals surface area (Å²) in [6, 6.07) is 0. The van der Waals surface area contributed by atoms with Crippen LogP contribution in [0.4, 0.5) is 0 Å². The molecule has 0 aromatic carbocycles. The molecule has 3 heteroatoms. The maximum absolute atomic E-state index is 5.99. The summed E-state index contributed by atoms with van der Waals surface area (Å²) in [5.41, 5.74) is 0.322. The molecule has 0 radical (unpaired) electrons. The Labute approximate surface area is 105 Å². The molecule has 0 aromatic heterocycles. The lowest BCUT2D eigenvalue weighted by atomic mass is 9.77. The average Bonchev–Trinajstić information content (AvgIpc) is 2.73. The van der Waals surface area contributed by atoms with E-state index in [1.54, 1.807) is 0 Å². The van der Waals surface area contributed by atoms with E-state index in [2.05, 4.69) is 19.2 Å². The minimum absolute atomic E-state index is 0.322. The molecule has 0 amide bonds. The van der Waals surface area contributed by atoms with Crippen LogP contribution >= 0.6 is 0 Å². The standard InChI is InChI=1S/C14H27NO2/c1-3-15-10-14(7-4-8-16-11-14)9-13-6-5-12(2)17-13/h12-13,15H,3-11H2,1-2H3. The van der Waals surface area contributed by atoms with Gasteiger partial charge in [0.15, 0.2) is 0 Å². The van der Waals surface area contributed by atoms with Gasteiger partial charge in [-0.3, -0.25) is 0 Å². The van der Waals surface area contributed by atoms with Crippen molar-refractivity contribution in [3.8, 4) is 0 Å². The zero-order valence-electron chi connectivity index (χ0n) is 11.3. The Hall–Kier alpha value is -0.120. The Balaban J connectivity index is 1.89. The van der Waals surface area contributed by atoms with Crippen molar-refractivity contribution < 1.29 is 9.47 Å². The second-order valence-corrected chi connectivity index (χ2v) is 5.79. The summed E-state index contributed by atoms with van der Waals surface area (Å²) in [6.07, 6.45) is 7.04. The van der Waals surface area contributed by atoms with E-state index in [1.807, 2.05) is 0 Å². The fourth-order valence-electron chi connectivity index (χ4n) is 3.19. The van der Waals surface area contributed by atoms with Gasteiger partial charge in [0.25, 0.3) is 0 Å². The monoisotopic (exact) mass is 241 g/mol. The summed E-state index contributed by atoms with van der Waals surface area (Å²) in [7, 11) is 0. The number of ether oxygens (including phenoxy) is 2. The molecule has 0 aromatic rings. The topological polar surface area (TPSA) is 30.5 Å². The van der Waals surface area contributed by atoms with Crippen LogP contribution in [0.25, 0.3) is 0 Å². The number of rotatable bonds is 5. The molecule has 17 heavy (non-hydrogen) atoms. The molecule has 2 aliphatic rings. The van der Waals surface area contributed by atoms with E-state index in [9.17, 15) is 0 Å². The van der Waals surface area contributed by atoms with Gasteiger partial charge in [0.05, 0.1) is 18.8 Å². The van der Waals surface area contributed by atoms with E-state index in [-0.39, 0.29) is 0 Å². The normalized spacial score (nSPS) is 38.5. The molecular weight excluding hydrogens is 214 g/mol. The predicted molar refractivity (Wildman–Crippen MR) is 69.2 cm³/mol. The van der Waals surface area contributed by atoms with E-state index in [0.29, 0.717) is 17.6 Å². The molecule has 0 saturated carbocycles. The van der Waals surface area contributed by atoms with Crippen molar-refractivity contribution in [2.45, 2.75) is 58.2 Å². The van der Waals surface area contributed by atoms with Gasteiger partial charge in [-0.15, -0.1) is 0 Å². The number of hydrogen-bond donors (Lipinski definition) is 1. The van der Waals surface area contributed by atoms with E-state index in [0.717, 1.165) is 26.3 Å². The molecule has 0 bridgehead atoms. The molecule has 2 aliphatic heterocycles. The van der Waals surface area contributed by atoms with Gasteiger partial charge >= 0.3 is 0 Å². The molecule has 100 valence electrons. The van der Waals surface area contributed by atoms with Crippen molar-refractivity contribution in [3.63, 3.8) is 0 Å². The van der Waals surface area contributed by atoms with Gasteiger partial charge in [-0.05, 0) is 45.6 Å². The molecular formula is C14H27NO2. The van der Waals surface area contributed by atoms with Crippen LogP contribution in [0.1, 0.15) is 46.0 Å². The van der Waals surface area contributed by atoms with E-state index in [4.69, 9.17) is 9.47 Å². The second kappa shape index (κ2) is 6.17. The molecule has 2 heterocycles. The van der Waals surface area contributed by atoms with Gasteiger partial charge in [0, 0.05) is 18.6 Å². The third kappa shape index (κ3) is 3.67. The van der Waals surface area contributed by atoms with Gasteiger partial charge < -0.3 is 14.8 Å². The molecule has 3 atom stereocenters. The first-order valence-corrected chi connectivity index (χ1v) is 7.18. The molecule has 0 spiro atoms. The SMILES string of the molecule is CCNCC1(CC2CCC(C)O2)CCCOC1. The fourth-order valence-corrected chi connectivity index (χ4v) is 3.19. The summed E-state index contributed by atoms with van der Waals surface area (Å²) in [5, 5.41) is 3.51. The smallest absolute Gasteiger partial charge is 0.0586 e. The molecule has 3 unspecified atom stereocenters. The summed E-state index contributed by atoms with van der Waals surface area (Å²) < 4.78 is 11.7. The minimum Gasteiger partial charge on any atom is -0.381 e. The van der Waals surface area contributed by atoms with Crippen LogP contribution in [-0.4, -0.2) is 38.5 Å². The first-order valence-electron chi connectivity index (χ1n) is 7.18. The summed E-state index contributed by atoms with van der Waals surface area (Å²) in [4.78, 5) is 0. The summed E-state index contributed by atoms with van der Waals surface area (Å²) >= 11 is 0. The first kappa shape index (κ1) is 13.3. The predicted octanol–water partition coefficient (Wildman–Crippen LogP) is 2.35. The third-order valence-electron chi connectivity index (χ3n) is 4.13. The molecule has 2 rings (SSSR count). The van der Waals surface area contributed by atoms with E-state index < -0.39 is 0 Å². The lowest BCUT2D eigenvalue weighted by Crippen LogP contribution is -2.43. The van der Waals surface area contributed by atoms with Crippen molar-refractivity contribution in [2.75, 3.05) is 26.3 Å². The first-order chi connectivity index (χ1) is 8.24. The largest absolute Gasteiger partial charge is 0.381 e. The second-order valence-electron chi connectivity index (χ2n) is 5.79. The lowest BCUT2D eigenvalue weighted by Gasteiger charge is -2.39. The number of hydrogen-bond acceptors (Lipinski definition) is 3. The van der Waals surface area contributed by atoms with Gasteiger partial charge in [0.1, 0.15) is 0 Å². The van der Waals surface area contributed by atoms with Crippen molar-refractivity contribution in [1.82, 2.24) is 5.32 Å². The molecule has 2 fully saturated rings. The highest BCUT2D eigenvalue weighted by molar-refractivity contribution is 4.88. The Morgan fingerprint density at radius 1 is 1.35 bits per heavy atom. The highest BCUT2D eigenvalue weighted by Gasteiger charge is 2.37. The zero-order valence-corrected chi connectivity index (χ0v) is 11.3. The quantitative estimate of drug-likeness (QED) is 0.801. The summed E-state index contributed by atoms with van der Waals surface area (Å²) in [5.74, 6) is 0. The fraction of sp³-hybridized carbons (Fsp3) is 1.00. The third-order valence-corrected chi connectivity index (χ3v) is 4.13. The van der Waals surface area contributed by atoms with Crippen molar-refractivity contribution >= 4 is 0 Å². The number of nitrogens with one attached hydrogen (secondary N) is 1. The van der Waals surface area contributed by atoms with Crippen LogP contribution in [0, 0.1) is 5.41 Å². The van der Waals surface area contributed by atoms with Gasteiger partial charge in [0.2, 0.25) is 0 Å². The lowest BCUT2D eigenvalue weighted by molar-refractivity contribution is -0.0473. The highest BCUT2D eigenvalue weighted by atomic mass is 16.5. The average molecular weight is 241 g/mol. The molecule has 3 nitrogen and oxygen atoms in total. The van der Waals surface area contributed by atoms with Gasteiger partial charge in [-0.2, -0.15) is 0 Å². The van der Waals surface area contributed by atoms with E-state index >= 15 is 0 Å². The summed E-state index contributed by atoms with van der Waals surface area (Å²) in [6.45, 7) is 8.34. The van der Waals surface area contributed by atoms with Crippen molar-refractivity contribution in [3.05, 3.63) is 0 Å². The Morgan fingerprint density at radius 2 is 2.24 bits per heavy atom. The molecule has 1 N–H and O–H groups in total. The van der Waals surface area contributed by atoms with Crippen molar-refractivity contribution in [2.24, 2.45) is 5.41 Å². The van der Waals surface area contributed by atoms with Crippen LogP contribution in [0.15, 0.2) is 0 Å². The van der Waals surface area contributed by atoms with Crippen LogP contribution in [0.2, 0.25) is 0 Å². The maximum Gasteiger partial charge on any atom is 0.0586 e. The zero-order chi connectivity index (χ0) is 12.1. The van der Waals surface area contributed by atoms with E-state index in [1.165, 1.54) is 32.1 Å². The van der Waals surface area contributed by atoms with Crippen molar-refractivity contribution in [1.29, 1.82) is 0 Å². The Morgan fingerprint density at radius 3 is 2.82 bits per heavy atom. The highest BCUT2D eigenvalue weighted by Crippen LogP contribution is 2.37. The molecule has 2 saturated heterocycles. The Bertz CT molecular complexity index is 226. The van der Waals surface area contributed by atoms with Crippen LogP contribution in [0.3, 0.4) is 0 Å².